The fourth-order valence-corrected chi connectivity index (χ4v) is 4.73. The van der Waals surface area contributed by atoms with E-state index in [1.807, 2.05) is 52.9 Å². The molecular weight excluding hydrogens is 428 g/mol. The van der Waals surface area contributed by atoms with Crippen LogP contribution in [-0.4, -0.2) is 56.3 Å². The average molecular weight is 457 g/mol. The van der Waals surface area contributed by atoms with Crippen molar-refractivity contribution in [2.45, 2.75) is 26.8 Å². The summed E-state index contributed by atoms with van der Waals surface area (Å²) >= 11 is 0. The van der Waals surface area contributed by atoms with Crippen molar-refractivity contribution < 1.29 is 4.79 Å². The number of hydrogen-bond acceptors (Lipinski definition) is 5. The molecule has 3 heterocycles. The van der Waals surface area contributed by atoms with Crippen LogP contribution in [0.5, 0.6) is 0 Å². The summed E-state index contributed by atoms with van der Waals surface area (Å²) in [5.41, 5.74) is 4.85. The van der Waals surface area contributed by atoms with Gasteiger partial charge in [0.05, 0.1) is 40.0 Å². The highest BCUT2D eigenvalue weighted by molar-refractivity contribution is 5.78. The summed E-state index contributed by atoms with van der Waals surface area (Å²) in [6.45, 7) is 7.27. The van der Waals surface area contributed by atoms with E-state index in [-0.39, 0.29) is 17.9 Å². The normalized spacial score (nSPS) is 14.1. The quantitative estimate of drug-likeness (QED) is 0.462. The lowest BCUT2D eigenvalue weighted by atomic mass is 10.2. The molecule has 5 rings (SSSR count). The molecule has 4 aromatic rings. The van der Waals surface area contributed by atoms with Gasteiger partial charge < -0.3 is 9.80 Å². The summed E-state index contributed by atoms with van der Waals surface area (Å²) in [4.78, 5) is 34.1. The maximum Gasteiger partial charge on any atom is 0.261 e. The molecule has 0 unspecified atom stereocenters. The Morgan fingerprint density at radius 3 is 2.41 bits per heavy atom. The lowest BCUT2D eigenvalue weighted by Crippen LogP contribution is -2.49. The first-order valence-corrected chi connectivity index (χ1v) is 11.6. The van der Waals surface area contributed by atoms with Crippen LogP contribution in [0, 0.1) is 13.8 Å². The molecule has 0 bridgehead atoms. The lowest BCUT2D eigenvalue weighted by Gasteiger charge is -2.36. The Morgan fingerprint density at radius 2 is 1.65 bits per heavy atom. The minimum Gasteiger partial charge on any atom is -0.365 e. The number of aromatic nitrogens is 4. The van der Waals surface area contributed by atoms with Gasteiger partial charge in [-0.15, -0.1) is 0 Å². The van der Waals surface area contributed by atoms with Crippen molar-refractivity contribution in [2.75, 3.05) is 31.1 Å². The van der Waals surface area contributed by atoms with Gasteiger partial charge in [0.2, 0.25) is 5.91 Å². The van der Waals surface area contributed by atoms with Crippen molar-refractivity contribution in [3.8, 4) is 5.69 Å². The Labute approximate surface area is 198 Å². The van der Waals surface area contributed by atoms with Crippen LogP contribution in [0.4, 0.5) is 5.69 Å². The van der Waals surface area contributed by atoms with E-state index in [0.29, 0.717) is 30.5 Å². The molecule has 0 radical (unpaired) electrons. The van der Waals surface area contributed by atoms with Gasteiger partial charge in [-0.05, 0) is 38.1 Å². The van der Waals surface area contributed by atoms with Crippen LogP contribution in [0.3, 0.4) is 0 Å². The monoisotopic (exact) mass is 456 g/mol. The zero-order valence-corrected chi connectivity index (χ0v) is 19.5. The number of fused-ring (bicyclic) bond motifs is 1. The van der Waals surface area contributed by atoms with Crippen LogP contribution in [0.2, 0.25) is 0 Å². The van der Waals surface area contributed by atoms with Gasteiger partial charge in [0.25, 0.3) is 5.56 Å². The molecule has 0 N–H and O–H groups in total. The summed E-state index contributed by atoms with van der Waals surface area (Å²) in [7, 11) is 0. The summed E-state index contributed by atoms with van der Waals surface area (Å²) in [5, 5.41) is 5.34. The minimum absolute atomic E-state index is 0.0631. The third kappa shape index (κ3) is 4.07. The van der Waals surface area contributed by atoms with Crippen LogP contribution in [0.25, 0.3) is 16.6 Å². The van der Waals surface area contributed by atoms with Crippen molar-refractivity contribution in [1.29, 1.82) is 0 Å². The van der Waals surface area contributed by atoms with Crippen molar-refractivity contribution in [2.24, 2.45) is 0 Å². The summed E-state index contributed by atoms with van der Waals surface area (Å²) < 4.78 is 3.51. The number of carbonyl (C=O) groups is 1. The van der Waals surface area contributed by atoms with Gasteiger partial charge in [0, 0.05) is 39.1 Å². The third-order valence-corrected chi connectivity index (χ3v) is 6.50. The molecule has 8 heteroatoms. The molecule has 174 valence electrons. The van der Waals surface area contributed by atoms with E-state index in [2.05, 4.69) is 28.9 Å². The molecule has 34 heavy (non-hydrogen) atoms. The second-order valence-electron chi connectivity index (χ2n) is 8.64. The number of amides is 1. The van der Waals surface area contributed by atoms with Crippen LogP contribution in [0.15, 0.2) is 65.7 Å². The van der Waals surface area contributed by atoms with Crippen LogP contribution in [0.1, 0.15) is 17.8 Å². The molecule has 8 nitrogen and oxygen atoms in total. The second-order valence-corrected chi connectivity index (χ2v) is 8.64. The van der Waals surface area contributed by atoms with Crippen LogP contribution < -0.4 is 10.5 Å². The number of benzene rings is 2. The van der Waals surface area contributed by atoms with Crippen molar-refractivity contribution in [3.05, 3.63) is 82.7 Å². The first kappa shape index (κ1) is 21.9. The van der Waals surface area contributed by atoms with Crippen molar-refractivity contribution >= 4 is 22.5 Å². The second kappa shape index (κ2) is 9.13. The Morgan fingerprint density at radius 1 is 0.941 bits per heavy atom. The molecule has 1 saturated heterocycles. The minimum atomic E-state index is -0.107. The molecule has 0 aliphatic carbocycles. The first-order valence-electron chi connectivity index (χ1n) is 11.6. The van der Waals surface area contributed by atoms with Gasteiger partial charge in [-0.2, -0.15) is 5.10 Å². The fourth-order valence-electron chi connectivity index (χ4n) is 4.73. The Balaban J connectivity index is 1.22. The molecule has 1 amide bonds. The number of carbonyl (C=O) groups excluding carboxylic acids is 1. The van der Waals surface area contributed by atoms with Gasteiger partial charge >= 0.3 is 0 Å². The molecule has 1 fully saturated rings. The van der Waals surface area contributed by atoms with E-state index < -0.39 is 0 Å². The highest BCUT2D eigenvalue weighted by Gasteiger charge is 2.25. The molecule has 0 spiro atoms. The maximum atomic E-state index is 12.9. The fraction of sp³-hybridized carbons (Fsp3) is 0.308. The predicted molar refractivity (Wildman–Crippen MR) is 132 cm³/mol. The average Bonchev–Trinajstić information content (AvgIpc) is 3.18. The van der Waals surface area contributed by atoms with E-state index in [9.17, 15) is 9.59 Å². The van der Waals surface area contributed by atoms with Crippen molar-refractivity contribution in [1.82, 2.24) is 24.2 Å². The number of aryl methyl sites for hydroxylation is 2. The van der Waals surface area contributed by atoms with Gasteiger partial charge in [-0.1, -0.05) is 30.3 Å². The molecule has 1 aliphatic rings. The summed E-state index contributed by atoms with van der Waals surface area (Å²) in [5.74, 6) is 0.0631. The maximum absolute atomic E-state index is 12.9. The van der Waals surface area contributed by atoms with Gasteiger partial charge in [-0.3, -0.25) is 14.2 Å². The Hall–Kier alpha value is -3.94. The van der Waals surface area contributed by atoms with Gasteiger partial charge in [0.15, 0.2) is 0 Å². The zero-order valence-electron chi connectivity index (χ0n) is 19.5. The molecule has 2 aromatic heterocycles. The van der Waals surface area contributed by atoms with Crippen LogP contribution >= 0.6 is 0 Å². The van der Waals surface area contributed by atoms with Crippen molar-refractivity contribution in [3.63, 3.8) is 0 Å². The molecule has 0 atom stereocenters. The van der Waals surface area contributed by atoms with E-state index >= 15 is 0 Å². The largest absolute Gasteiger partial charge is 0.365 e. The number of para-hydroxylation sites is 2. The van der Waals surface area contributed by atoms with E-state index in [1.165, 1.54) is 10.9 Å². The Bertz CT molecular complexity index is 1380. The Kier molecular flexibility index (Phi) is 5.88. The number of nitrogens with zero attached hydrogens (tertiary/aromatic N) is 6. The first-order chi connectivity index (χ1) is 16.5. The van der Waals surface area contributed by atoms with Gasteiger partial charge in [-0.25, -0.2) is 9.67 Å². The third-order valence-electron chi connectivity index (χ3n) is 6.50. The number of piperazine rings is 1. The highest BCUT2D eigenvalue weighted by atomic mass is 16.2. The number of hydrogen-bond donors (Lipinski definition) is 0. The topological polar surface area (TPSA) is 76.3 Å². The van der Waals surface area contributed by atoms with Gasteiger partial charge in [0.1, 0.15) is 0 Å². The molecule has 1 aliphatic heterocycles. The number of rotatable bonds is 5. The highest BCUT2D eigenvalue weighted by Crippen LogP contribution is 2.27. The predicted octanol–water partition coefficient (Wildman–Crippen LogP) is 2.94. The van der Waals surface area contributed by atoms with Crippen LogP contribution in [-0.2, 0) is 11.3 Å². The molecular formula is C26H28N6O2. The SMILES string of the molecule is Cc1nn(-c2ccccc2)c(C)c1N1CCN(C(=O)CCn2cnc3ccccc3c2=O)CC1. The zero-order chi connectivity index (χ0) is 23.7. The summed E-state index contributed by atoms with van der Waals surface area (Å²) in [6.07, 6.45) is 1.82. The van der Waals surface area contributed by atoms with E-state index in [1.54, 1.807) is 6.07 Å². The standard InChI is InChI=1S/C26H28N6O2/c1-19-25(20(2)32(28-19)21-8-4-3-5-9-21)30-16-14-29(15-17-30)24(33)12-13-31-18-27-23-11-7-6-10-22(23)26(31)34/h3-11,18H,12-17H2,1-2H3. The molecule has 2 aromatic carbocycles. The summed E-state index contributed by atoms with van der Waals surface area (Å²) in [6, 6.07) is 17.4. The van der Waals surface area contributed by atoms with E-state index in [4.69, 9.17) is 5.10 Å². The smallest absolute Gasteiger partial charge is 0.261 e. The molecule has 0 saturated carbocycles. The van der Waals surface area contributed by atoms with E-state index in [0.717, 1.165) is 35.9 Å². The number of anilines is 1. The lowest BCUT2D eigenvalue weighted by molar-refractivity contribution is -0.131.